The van der Waals surface area contributed by atoms with E-state index in [9.17, 15) is 0 Å². The number of hydrogen-bond acceptors (Lipinski definition) is 12. The van der Waals surface area contributed by atoms with Gasteiger partial charge in [0, 0.05) is 69.0 Å². The van der Waals surface area contributed by atoms with Crippen LogP contribution >= 0.6 is 0 Å². The van der Waals surface area contributed by atoms with Gasteiger partial charge < -0.3 is 44.1 Å². The van der Waals surface area contributed by atoms with E-state index in [-0.39, 0.29) is 0 Å². The van der Waals surface area contributed by atoms with Crippen molar-refractivity contribution in [2.75, 3.05) is 222 Å². The van der Waals surface area contributed by atoms with Gasteiger partial charge in [0.05, 0.1) is 0 Å². The monoisotopic (exact) mass is 1010 g/mol. The van der Waals surface area contributed by atoms with Gasteiger partial charge in [0.2, 0.25) is 0 Å². The second kappa shape index (κ2) is 26.4. The molecule has 12 heterocycles. The van der Waals surface area contributed by atoms with Gasteiger partial charge in [-0.1, -0.05) is 6.42 Å². The molecule has 72 heavy (non-hydrogen) atoms. The summed E-state index contributed by atoms with van der Waals surface area (Å²) in [4.78, 5) is 30.2. The van der Waals surface area contributed by atoms with Crippen LogP contribution in [0.25, 0.3) is 0 Å². The topological polar surface area (TPSA) is 38.9 Å². The molecular formula is C60H120N12. The number of nitrogens with zero attached hydrogens (tertiary/aromatic N) is 12. The second-order valence-corrected chi connectivity index (χ2v) is 28.2. The molecule has 0 aromatic heterocycles. The molecule has 12 heteroatoms. The molecule has 5 atom stereocenters. The summed E-state index contributed by atoms with van der Waals surface area (Å²) in [7, 11) is 27.2. The van der Waals surface area contributed by atoms with Gasteiger partial charge in [0.25, 0.3) is 0 Å². The lowest BCUT2D eigenvalue weighted by atomic mass is 9.78. The van der Waals surface area contributed by atoms with E-state index in [2.05, 4.69) is 143 Å². The first-order valence-electron chi connectivity index (χ1n) is 30.6. The Bertz CT molecular complexity index is 1510. The maximum Gasteiger partial charge on any atom is 0.0345 e. The maximum atomic E-state index is 2.60. The van der Waals surface area contributed by atoms with Crippen LogP contribution in [0.2, 0.25) is 0 Å². The van der Waals surface area contributed by atoms with Gasteiger partial charge >= 0.3 is 0 Å². The van der Waals surface area contributed by atoms with Crippen molar-refractivity contribution in [2.45, 2.75) is 151 Å². The molecule has 12 aliphatic heterocycles. The molecule has 12 aliphatic rings. The molecule has 6 spiro atoms. The summed E-state index contributed by atoms with van der Waals surface area (Å²) in [5.41, 5.74) is 3.73. The van der Waals surface area contributed by atoms with Gasteiger partial charge in [-0.15, -0.1) is 0 Å². The minimum atomic E-state index is 0.562. The highest BCUT2D eigenvalue weighted by Gasteiger charge is 2.45. The molecule has 0 aliphatic carbocycles. The van der Waals surface area contributed by atoms with Crippen LogP contribution in [0, 0.1) is 16.2 Å². The van der Waals surface area contributed by atoms with Crippen LogP contribution in [0.15, 0.2) is 0 Å². The Balaban J connectivity index is 0.000000127. The molecule has 0 saturated carbocycles. The first-order chi connectivity index (χ1) is 34.3. The largest absolute Gasteiger partial charge is 0.306 e. The van der Waals surface area contributed by atoms with Gasteiger partial charge in [0.15, 0.2) is 0 Å². The van der Waals surface area contributed by atoms with E-state index in [0.717, 1.165) is 0 Å². The van der Waals surface area contributed by atoms with Crippen molar-refractivity contribution in [1.29, 1.82) is 0 Å². The van der Waals surface area contributed by atoms with Crippen LogP contribution in [0.5, 0.6) is 0 Å². The van der Waals surface area contributed by atoms with E-state index in [1.165, 1.54) is 272 Å². The lowest BCUT2D eigenvalue weighted by Gasteiger charge is -2.43. The third kappa shape index (κ3) is 15.8. The summed E-state index contributed by atoms with van der Waals surface area (Å²) < 4.78 is 0. The smallest absolute Gasteiger partial charge is 0.0345 e. The minimum Gasteiger partial charge on any atom is -0.306 e. The minimum absolute atomic E-state index is 0.562. The molecular weight excluding hydrogens is 889 g/mol. The lowest BCUT2D eigenvalue weighted by molar-refractivity contribution is 0.0719. The third-order valence-electron chi connectivity index (χ3n) is 21.7. The van der Waals surface area contributed by atoms with E-state index in [0.29, 0.717) is 32.9 Å². The highest BCUT2D eigenvalue weighted by molar-refractivity contribution is 5.01. The van der Waals surface area contributed by atoms with Crippen molar-refractivity contribution in [3.05, 3.63) is 0 Å². The number of piperidine rings is 6. The standard InChI is InChI=1S/6C10H20N2/c1-11-6-3-10(4-7-11)5-8-12(2)9-10;2*1-11-7-3-5-10(9-11)6-4-8-12(10)2;2*1-11-6-3-4-10(8-11)5-7-12(2)9-10;1-11-8-6-10(9-11)5-3-4-7-12(10)2/h6*3-9H2,1-2H3. The number of hydrogen-bond donors (Lipinski definition) is 0. The zero-order chi connectivity index (χ0) is 51.6. The zero-order valence-electron chi connectivity index (χ0n) is 50.1. The molecule has 12 fully saturated rings. The van der Waals surface area contributed by atoms with Crippen molar-refractivity contribution in [1.82, 2.24) is 58.8 Å². The Morgan fingerprint density at radius 1 is 0.181 bits per heavy atom. The molecule has 0 N–H and O–H groups in total. The van der Waals surface area contributed by atoms with Crippen LogP contribution in [-0.4, -0.2) is 297 Å². The van der Waals surface area contributed by atoms with Gasteiger partial charge in [-0.3, -0.25) is 14.7 Å². The number of likely N-dealkylation sites (tertiary alicyclic amines) is 12. The van der Waals surface area contributed by atoms with E-state index in [1.807, 2.05) is 0 Å². The molecule has 0 aromatic carbocycles. The quantitative estimate of drug-likeness (QED) is 0.262. The Hall–Kier alpha value is -0.480. The first-order valence-corrected chi connectivity index (χ1v) is 30.6. The first kappa shape index (κ1) is 59.2. The average Bonchev–Trinajstić information content (AvgIpc) is 4.21. The van der Waals surface area contributed by atoms with Crippen LogP contribution in [0.3, 0.4) is 0 Å². The molecule has 0 amide bonds. The summed E-state index contributed by atoms with van der Waals surface area (Å²) in [6.45, 7) is 27.6. The van der Waals surface area contributed by atoms with Gasteiger partial charge in [-0.2, -0.15) is 0 Å². The molecule has 12 saturated heterocycles. The average molecular weight is 1010 g/mol. The van der Waals surface area contributed by atoms with Gasteiger partial charge in [-0.25, -0.2) is 0 Å². The van der Waals surface area contributed by atoms with E-state index >= 15 is 0 Å². The fourth-order valence-electron chi connectivity index (χ4n) is 17.2. The third-order valence-corrected chi connectivity index (χ3v) is 21.7. The lowest BCUT2D eigenvalue weighted by Crippen LogP contribution is -2.53. The number of likely N-dealkylation sites (N-methyl/N-ethyl adjacent to an activating group) is 6. The van der Waals surface area contributed by atoms with Crippen LogP contribution in [-0.2, 0) is 0 Å². The van der Waals surface area contributed by atoms with Crippen molar-refractivity contribution < 1.29 is 0 Å². The van der Waals surface area contributed by atoms with Crippen LogP contribution in [0.1, 0.15) is 135 Å². The molecule has 12 rings (SSSR count). The highest BCUT2D eigenvalue weighted by Crippen LogP contribution is 2.42. The molecule has 0 aromatic rings. The highest BCUT2D eigenvalue weighted by atomic mass is 15.3. The molecule has 12 nitrogen and oxygen atoms in total. The van der Waals surface area contributed by atoms with Crippen molar-refractivity contribution in [3.63, 3.8) is 0 Å². The SMILES string of the molecule is CN1CCC2(CC1)CCN(C)C2.CN1CCC2(CCCCN2C)C1.CN1CCCC2(CCCN2C)C1.CN1CCCC2(CCCN2C)C1.CN1CCCC2(CCN(C)C2)C1.CN1CCCC2(CCN(C)C2)C1. The summed E-state index contributed by atoms with van der Waals surface area (Å²) in [5, 5.41) is 0. The fraction of sp³-hybridized carbons (Fsp3) is 1.00. The van der Waals surface area contributed by atoms with E-state index in [1.54, 1.807) is 0 Å². The second-order valence-electron chi connectivity index (χ2n) is 28.2. The Morgan fingerprint density at radius 3 is 0.750 bits per heavy atom. The normalized spacial score (nSPS) is 38.2. The van der Waals surface area contributed by atoms with Gasteiger partial charge in [-0.05, 0) is 314 Å². The van der Waals surface area contributed by atoms with E-state index < -0.39 is 0 Å². The maximum absolute atomic E-state index is 2.60. The molecule has 0 radical (unpaired) electrons. The van der Waals surface area contributed by atoms with Crippen molar-refractivity contribution >= 4 is 0 Å². The molecule has 5 unspecified atom stereocenters. The summed E-state index contributed by atoms with van der Waals surface area (Å²) >= 11 is 0. The Kier molecular flexibility index (Phi) is 21.7. The van der Waals surface area contributed by atoms with E-state index in [4.69, 9.17) is 0 Å². The van der Waals surface area contributed by atoms with Crippen molar-refractivity contribution in [3.8, 4) is 0 Å². The Labute approximate surface area is 446 Å². The number of rotatable bonds is 0. The fourth-order valence-corrected chi connectivity index (χ4v) is 17.2. The zero-order valence-corrected chi connectivity index (χ0v) is 50.1. The molecule has 0 bridgehead atoms. The van der Waals surface area contributed by atoms with Crippen LogP contribution in [0.4, 0.5) is 0 Å². The summed E-state index contributed by atoms with van der Waals surface area (Å²) in [6.07, 6.45) is 29.8. The van der Waals surface area contributed by atoms with Crippen LogP contribution < -0.4 is 0 Å². The predicted octanol–water partition coefficient (Wildman–Crippen LogP) is 6.63. The predicted molar refractivity (Wildman–Crippen MR) is 308 cm³/mol. The van der Waals surface area contributed by atoms with Gasteiger partial charge in [0.1, 0.15) is 0 Å². The Morgan fingerprint density at radius 2 is 0.431 bits per heavy atom. The summed E-state index contributed by atoms with van der Waals surface area (Å²) in [6, 6.07) is 0. The molecule has 420 valence electrons. The van der Waals surface area contributed by atoms with Crippen molar-refractivity contribution in [2.24, 2.45) is 16.2 Å². The summed E-state index contributed by atoms with van der Waals surface area (Å²) in [5.74, 6) is 0.